The minimum Gasteiger partial charge on any atom is -0.394 e. The third-order valence-corrected chi connectivity index (χ3v) is 9.59. The van der Waals surface area contributed by atoms with Crippen LogP contribution < -0.4 is 10.6 Å². The van der Waals surface area contributed by atoms with Crippen molar-refractivity contribution in [3.8, 4) is 0 Å². The normalized spacial score (nSPS) is 31.7. The third-order valence-electron chi connectivity index (χ3n) is 7.32. The average molecular weight is 480 g/mol. The molecule has 3 aliphatic rings. The SMILES string of the molecule is CNC(=O)[C@@H]1[C@H]2C(=O)N([C@@H](CO)C(C)C)C(C(=O)Nc3c(C)cccc3Cl)C23CC[C@H]1S3. The largest absolute Gasteiger partial charge is 0.394 e. The summed E-state index contributed by atoms with van der Waals surface area (Å²) in [6, 6.07) is 4.08. The molecule has 3 saturated heterocycles. The van der Waals surface area contributed by atoms with Crippen molar-refractivity contribution in [2.24, 2.45) is 17.8 Å². The fourth-order valence-corrected chi connectivity index (χ4v) is 8.29. The molecular formula is C23H30ClN3O4S. The summed E-state index contributed by atoms with van der Waals surface area (Å²) in [6.07, 6.45) is 1.46. The maximum atomic E-state index is 13.8. The van der Waals surface area contributed by atoms with Crippen LogP contribution in [-0.2, 0) is 14.4 Å². The van der Waals surface area contributed by atoms with Gasteiger partial charge >= 0.3 is 0 Å². The van der Waals surface area contributed by atoms with Crippen LogP contribution in [0.2, 0.25) is 5.02 Å². The number of aliphatic hydroxyl groups is 1. The van der Waals surface area contributed by atoms with Gasteiger partial charge in [0.25, 0.3) is 0 Å². The summed E-state index contributed by atoms with van der Waals surface area (Å²) in [4.78, 5) is 42.0. The van der Waals surface area contributed by atoms with Crippen molar-refractivity contribution >= 4 is 46.8 Å². The van der Waals surface area contributed by atoms with Gasteiger partial charge in [0.05, 0.1) is 39.9 Å². The van der Waals surface area contributed by atoms with Gasteiger partial charge in [-0.2, -0.15) is 0 Å². The summed E-state index contributed by atoms with van der Waals surface area (Å²) in [5.41, 5.74) is 1.35. The molecule has 0 saturated carbocycles. The quantitative estimate of drug-likeness (QED) is 0.582. The van der Waals surface area contributed by atoms with Crippen molar-refractivity contribution in [2.45, 2.75) is 55.7 Å². The van der Waals surface area contributed by atoms with Crippen LogP contribution in [0.3, 0.4) is 0 Å². The molecule has 3 heterocycles. The topological polar surface area (TPSA) is 98.7 Å². The van der Waals surface area contributed by atoms with E-state index in [1.54, 1.807) is 29.8 Å². The van der Waals surface area contributed by atoms with E-state index in [1.165, 1.54) is 0 Å². The molecule has 1 spiro atoms. The number of nitrogens with zero attached hydrogens (tertiary/aromatic N) is 1. The monoisotopic (exact) mass is 479 g/mol. The highest BCUT2D eigenvalue weighted by atomic mass is 35.5. The standard InChI is InChI=1S/C23H30ClN3O4S/c1-11(2)14(10-28)27-19(21(30)26-18-12(3)6-5-7-13(18)24)23-9-8-15(32-23)16(20(29)25-4)17(23)22(27)31/h5-7,11,14-17,19,28H,8-10H2,1-4H3,(H,25,29)(H,26,30)/t14-,15+,16-,17-,19?,23?/m0/s1. The van der Waals surface area contributed by atoms with Gasteiger partial charge in [-0.15, -0.1) is 11.8 Å². The number of thioether (sulfide) groups is 1. The first-order valence-corrected chi connectivity index (χ1v) is 12.3. The van der Waals surface area contributed by atoms with E-state index in [9.17, 15) is 19.5 Å². The number of hydrogen-bond donors (Lipinski definition) is 3. The highest BCUT2D eigenvalue weighted by Crippen LogP contribution is 2.66. The molecule has 3 aliphatic heterocycles. The van der Waals surface area contributed by atoms with E-state index in [2.05, 4.69) is 10.6 Å². The number of aryl methyl sites for hydroxylation is 1. The molecule has 4 rings (SSSR count). The Morgan fingerprint density at radius 1 is 1.34 bits per heavy atom. The maximum Gasteiger partial charge on any atom is 0.248 e. The Kier molecular flexibility index (Phi) is 6.24. The predicted molar refractivity (Wildman–Crippen MR) is 126 cm³/mol. The Hall–Kier alpha value is -1.77. The van der Waals surface area contributed by atoms with Crippen LogP contribution in [0.25, 0.3) is 0 Å². The second-order valence-corrected chi connectivity index (χ2v) is 11.3. The van der Waals surface area contributed by atoms with Crippen molar-refractivity contribution in [1.29, 1.82) is 0 Å². The van der Waals surface area contributed by atoms with Crippen LogP contribution in [-0.4, -0.2) is 63.5 Å². The van der Waals surface area contributed by atoms with Gasteiger partial charge in [-0.25, -0.2) is 0 Å². The zero-order valence-electron chi connectivity index (χ0n) is 18.7. The summed E-state index contributed by atoms with van der Waals surface area (Å²) < 4.78 is -0.694. The minimum atomic E-state index is -0.792. The summed E-state index contributed by atoms with van der Waals surface area (Å²) >= 11 is 7.97. The Bertz CT molecular complexity index is 937. The molecule has 2 bridgehead atoms. The van der Waals surface area contributed by atoms with Crippen molar-refractivity contribution in [3.63, 3.8) is 0 Å². The average Bonchev–Trinajstić information content (AvgIpc) is 3.38. The minimum absolute atomic E-state index is 0.00928. The fraction of sp³-hybridized carbons (Fsp3) is 0.609. The van der Waals surface area contributed by atoms with Crippen LogP contribution in [0, 0.1) is 24.7 Å². The van der Waals surface area contributed by atoms with Crippen LogP contribution in [0.5, 0.6) is 0 Å². The number of fused-ring (bicyclic) bond motifs is 1. The zero-order chi connectivity index (χ0) is 23.4. The molecule has 174 valence electrons. The number of likely N-dealkylation sites (tertiary alicyclic amines) is 1. The zero-order valence-corrected chi connectivity index (χ0v) is 20.3. The molecule has 9 heteroatoms. The molecule has 1 aromatic carbocycles. The smallest absolute Gasteiger partial charge is 0.248 e. The van der Waals surface area contributed by atoms with Gasteiger partial charge < -0.3 is 20.6 Å². The molecule has 0 aliphatic carbocycles. The molecule has 32 heavy (non-hydrogen) atoms. The lowest BCUT2D eigenvalue weighted by molar-refractivity contribution is -0.142. The molecule has 3 amide bonds. The number of anilines is 1. The number of nitrogens with one attached hydrogen (secondary N) is 2. The van der Waals surface area contributed by atoms with E-state index in [0.29, 0.717) is 17.1 Å². The summed E-state index contributed by atoms with van der Waals surface area (Å²) in [7, 11) is 1.58. The van der Waals surface area contributed by atoms with Crippen molar-refractivity contribution < 1.29 is 19.5 Å². The Morgan fingerprint density at radius 2 is 2.06 bits per heavy atom. The van der Waals surface area contributed by atoms with Gasteiger partial charge in [0.2, 0.25) is 17.7 Å². The van der Waals surface area contributed by atoms with Crippen molar-refractivity contribution in [2.75, 3.05) is 19.0 Å². The summed E-state index contributed by atoms with van der Waals surface area (Å²) in [5.74, 6) is -1.80. The highest BCUT2D eigenvalue weighted by Gasteiger charge is 2.74. The van der Waals surface area contributed by atoms with Crippen LogP contribution in [0.4, 0.5) is 5.69 Å². The van der Waals surface area contributed by atoms with E-state index in [0.717, 1.165) is 12.0 Å². The molecule has 0 radical (unpaired) electrons. The van der Waals surface area contributed by atoms with Gasteiger partial charge in [-0.3, -0.25) is 14.4 Å². The molecule has 1 aromatic rings. The number of rotatable bonds is 6. The molecule has 3 N–H and O–H groups in total. The van der Waals surface area contributed by atoms with Crippen LogP contribution in [0.15, 0.2) is 18.2 Å². The Balaban J connectivity index is 1.79. The number of hydrogen-bond acceptors (Lipinski definition) is 5. The molecule has 0 aromatic heterocycles. The van der Waals surface area contributed by atoms with E-state index in [1.807, 2.05) is 32.9 Å². The van der Waals surface area contributed by atoms with E-state index >= 15 is 0 Å². The Morgan fingerprint density at radius 3 is 2.66 bits per heavy atom. The lowest BCUT2D eigenvalue weighted by atomic mass is 9.70. The van der Waals surface area contributed by atoms with Gasteiger partial charge in [0.1, 0.15) is 6.04 Å². The van der Waals surface area contributed by atoms with Crippen LogP contribution in [0.1, 0.15) is 32.3 Å². The van der Waals surface area contributed by atoms with E-state index in [-0.39, 0.29) is 35.5 Å². The van der Waals surface area contributed by atoms with E-state index < -0.39 is 28.7 Å². The van der Waals surface area contributed by atoms with Gasteiger partial charge in [0.15, 0.2) is 0 Å². The van der Waals surface area contributed by atoms with Crippen molar-refractivity contribution in [3.05, 3.63) is 28.8 Å². The van der Waals surface area contributed by atoms with Gasteiger partial charge in [0, 0.05) is 12.3 Å². The molecule has 6 atom stereocenters. The van der Waals surface area contributed by atoms with Gasteiger partial charge in [-0.1, -0.05) is 37.6 Å². The first-order chi connectivity index (χ1) is 15.2. The van der Waals surface area contributed by atoms with Gasteiger partial charge in [-0.05, 0) is 37.3 Å². The number of aliphatic hydroxyl groups excluding tert-OH is 1. The summed E-state index contributed by atoms with van der Waals surface area (Å²) in [5, 5.41) is 16.3. The molecule has 2 unspecified atom stereocenters. The molecule has 3 fully saturated rings. The highest BCUT2D eigenvalue weighted by molar-refractivity contribution is 8.02. The summed E-state index contributed by atoms with van der Waals surface area (Å²) in [6.45, 7) is 5.46. The van der Waals surface area contributed by atoms with Crippen LogP contribution >= 0.6 is 23.4 Å². The number of carbonyl (C=O) groups is 3. The number of para-hydroxylation sites is 1. The van der Waals surface area contributed by atoms with Crippen molar-refractivity contribution in [1.82, 2.24) is 10.2 Å². The number of halogens is 1. The Labute approximate surface area is 197 Å². The first kappa shape index (κ1) is 23.4. The first-order valence-electron chi connectivity index (χ1n) is 11.1. The lowest BCUT2D eigenvalue weighted by Crippen LogP contribution is -2.56. The predicted octanol–water partition coefficient (Wildman–Crippen LogP) is 2.44. The van der Waals surface area contributed by atoms with E-state index in [4.69, 9.17) is 11.6 Å². The maximum absolute atomic E-state index is 13.8. The third kappa shape index (κ3) is 3.33. The second kappa shape index (κ2) is 8.54. The lowest BCUT2D eigenvalue weighted by Gasteiger charge is -2.38. The molecular weight excluding hydrogens is 450 g/mol. The number of benzene rings is 1. The number of carbonyl (C=O) groups excluding carboxylic acids is 3. The number of amides is 3. The second-order valence-electron chi connectivity index (χ2n) is 9.33. The fourth-order valence-electron chi connectivity index (χ4n) is 5.82. The molecule has 7 nitrogen and oxygen atoms in total.